The van der Waals surface area contributed by atoms with Crippen LogP contribution >= 0.6 is 23.3 Å². The number of benzene rings is 4. The molecule has 138 valence electrons. The van der Waals surface area contributed by atoms with Gasteiger partial charge in [-0.25, -0.2) is 0 Å². The van der Waals surface area contributed by atoms with Gasteiger partial charge in [-0.15, -0.1) is 23.3 Å². The Balaban J connectivity index is 0.000000829. The average Bonchev–Trinajstić information content (AvgIpc) is 3.22. The van der Waals surface area contributed by atoms with Gasteiger partial charge in [0.25, 0.3) is 0 Å². The molecule has 0 atom stereocenters. The van der Waals surface area contributed by atoms with Gasteiger partial charge in [0, 0.05) is 27.2 Å². The fourth-order valence-corrected chi connectivity index (χ4v) is 5.03. The number of aromatic nitrogens is 1. The van der Waals surface area contributed by atoms with E-state index in [1.165, 1.54) is 54.8 Å². The van der Waals surface area contributed by atoms with E-state index < -0.39 is 0 Å². The zero-order valence-electron chi connectivity index (χ0n) is 15.8. The molecule has 0 bridgehead atoms. The second-order valence-electron chi connectivity index (χ2n) is 7.92. The molecule has 0 aliphatic heterocycles. The molecule has 5 aromatic rings. The van der Waals surface area contributed by atoms with Crippen molar-refractivity contribution < 1.29 is 0 Å². The third-order valence-corrected chi connectivity index (χ3v) is 6.17. The van der Waals surface area contributed by atoms with E-state index in [4.69, 9.17) is 0 Å². The number of thiol groups is 2. The fourth-order valence-electron chi connectivity index (χ4n) is 5.03. The Hall–Kier alpha value is -2.36. The number of hydrogen-bond acceptors (Lipinski definition) is 2. The monoisotopic (exact) mass is 399 g/mol. The normalized spacial score (nSPS) is 14.0. The Bertz CT molecular complexity index is 1360. The van der Waals surface area contributed by atoms with E-state index in [2.05, 4.69) is 115 Å². The third-order valence-electron chi connectivity index (χ3n) is 6.17. The van der Waals surface area contributed by atoms with Gasteiger partial charge < -0.3 is 4.98 Å². The molecule has 0 saturated heterocycles. The highest BCUT2D eigenvalue weighted by atomic mass is 33.1. The standard InChI is InChI=1S/C25H19N.H2S2/c1-25(2)19-13-14-21-23(17-9-5-6-10-20(17)26-21)22(19)18-12-11-15-7-3-4-8-16(15)24(18)25;1-2/h3-14,26H,1-2H3;1-2H. The van der Waals surface area contributed by atoms with Crippen molar-refractivity contribution in [3.8, 4) is 11.1 Å². The molecule has 1 N–H and O–H groups in total. The maximum Gasteiger partial charge on any atom is 0.0471 e. The van der Waals surface area contributed by atoms with Crippen molar-refractivity contribution in [2.24, 2.45) is 0 Å². The maximum atomic E-state index is 3.60. The highest BCUT2D eigenvalue weighted by molar-refractivity contribution is 8.59. The van der Waals surface area contributed by atoms with Crippen LogP contribution in [0.25, 0.3) is 43.7 Å². The lowest BCUT2D eigenvalue weighted by Crippen LogP contribution is -2.15. The average molecular weight is 400 g/mol. The first-order chi connectivity index (χ1) is 13.7. The molecule has 1 aromatic heterocycles. The molecule has 0 fully saturated rings. The van der Waals surface area contributed by atoms with Crippen LogP contribution in [0.3, 0.4) is 0 Å². The molecule has 1 nitrogen and oxygen atoms in total. The van der Waals surface area contributed by atoms with Gasteiger partial charge >= 0.3 is 0 Å². The van der Waals surface area contributed by atoms with E-state index in [0.717, 1.165) is 0 Å². The van der Waals surface area contributed by atoms with Crippen molar-refractivity contribution in [3.05, 3.63) is 83.9 Å². The largest absolute Gasteiger partial charge is 0.354 e. The summed E-state index contributed by atoms with van der Waals surface area (Å²) in [6.07, 6.45) is 0. The topological polar surface area (TPSA) is 15.8 Å². The second kappa shape index (κ2) is 6.33. The molecule has 0 radical (unpaired) electrons. The number of rotatable bonds is 0. The molecule has 1 heterocycles. The Morgan fingerprint density at radius 2 is 1.43 bits per heavy atom. The molecule has 4 aromatic carbocycles. The third kappa shape index (κ3) is 2.23. The Labute approximate surface area is 175 Å². The van der Waals surface area contributed by atoms with Gasteiger partial charge in [-0.1, -0.05) is 74.5 Å². The summed E-state index contributed by atoms with van der Waals surface area (Å²) < 4.78 is 0. The van der Waals surface area contributed by atoms with Gasteiger partial charge in [-0.2, -0.15) is 0 Å². The van der Waals surface area contributed by atoms with Crippen molar-refractivity contribution in [1.29, 1.82) is 0 Å². The number of H-pyrrole nitrogens is 1. The zero-order valence-corrected chi connectivity index (χ0v) is 17.6. The van der Waals surface area contributed by atoms with Crippen LogP contribution in [0.4, 0.5) is 0 Å². The van der Waals surface area contributed by atoms with Crippen molar-refractivity contribution in [2.45, 2.75) is 19.3 Å². The minimum atomic E-state index is -0.00189. The molecule has 6 rings (SSSR count). The smallest absolute Gasteiger partial charge is 0.0471 e. The molecule has 28 heavy (non-hydrogen) atoms. The minimum Gasteiger partial charge on any atom is -0.354 e. The van der Waals surface area contributed by atoms with E-state index in [1.807, 2.05) is 0 Å². The van der Waals surface area contributed by atoms with E-state index in [9.17, 15) is 0 Å². The van der Waals surface area contributed by atoms with Gasteiger partial charge in [-0.05, 0) is 45.2 Å². The number of fused-ring (bicyclic) bond motifs is 9. The van der Waals surface area contributed by atoms with E-state index >= 15 is 0 Å². The van der Waals surface area contributed by atoms with Crippen LogP contribution in [0.2, 0.25) is 0 Å². The molecule has 0 saturated carbocycles. The second-order valence-corrected chi connectivity index (χ2v) is 7.92. The van der Waals surface area contributed by atoms with Crippen LogP contribution in [0.15, 0.2) is 72.8 Å². The Morgan fingerprint density at radius 3 is 2.25 bits per heavy atom. The number of nitrogens with one attached hydrogen (secondary N) is 1. The molecular formula is C25H21NS2. The van der Waals surface area contributed by atoms with Gasteiger partial charge in [0.15, 0.2) is 0 Å². The Kier molecular flexibility index (Phi) is 4.01. The van der Waals surface area contributed by atoms with Crippen LogP contribution in [0.1, 0.15) is 25.0 Å². The lowest BCUT2D eigenvalue weighted by molar-refractivity contribution is 0.667. The van der Waals surface area contributed by atoms with Gasteiger partial charge in [-0.3, -0.25) is 0 Å². The summed E-state index contributed by atoms with van der Waals surface area (Å²) in [5.41, 5.74) is 8.12. The summed E-state index contributed by atoms with van der Waals surface area (Å²) in [6.45, 7) is 4.73. The van der Waals surface area contributed by atoms with Gasteiger partial charge in [0.2, 0.25) is 0 Å². The minimum absolute atomic E-state index is 0.00189. The first-order valence-corrected chi connectivity index (χ1v) is 11.0. The summed E-state index contributed by atoms with van der Waals surface area (Å²) in [5, 5.41) is 5.37. The Morgan fingerprint density at radius 1 is 0.714 bits per heavy atom. The summed E-state index contributed by atoms with van der Waals surface area (Å²) in [7, 11) is 0. The number of hydrogen-bond donors (Lipinski definition) is 3. The van der Waals surface area contributed by atoms with Crippen molar-refractivity contribution in [2.75, 3.05) is 0 Å². The predicted octanol–water partition coefficient (Wildman–Crippen LogP) is 7.54. The SMILES string of the molecule is CC1(C)c2ccc3[nH]c4ccccc4c3c2-c2ccc3ccccc3c21.SS. The summed E-state index contributed by atoms with van der Waals surface area (Å²) in [6, 6.07) is 26.6. The van der Waals surface area contributed by atoms with E-state index in [0.29, 0.717) is 0 Å². The van der Waals surface area contributed by atoms with Gasteiger partial charge in [0.05, 0.1) is 0 Å². The highest BCUT2D eigenvalue weighted by Crippen LogP contribution is 2.54. The summed E-state index contributed by atoms with van der Waals surface area (Å²) >= 11 is 6.44. The van der Waals surface area contributed by atoms with Crippen LogP contribution in [0, 0.1) is 0 Å². The van der Waals surface area contributed by atoms with E-state index in [-0.39, 0.29) is 5.41 Å². The van der Waals surface area contributed by atoms with Crippen molar-refractivity contribution in [1.82, 2.24) is 4.98 Å². The first kappa shape index (κ1) is 17.7. The van der Waals surface area contributed by atoms with Crippen LogP contribution in [-0.4, -0.2) is 4.98 Å². The van der Waals surface area contributed by atoms with Gasteiger partial charge in [0.1, 0.15) is 0 Å². The maximum absolute atomic E-state index is 3.60. The highest BCUT2D eigenvalue weighted by Gasteiger charge is 2.38. The summed E-state index contributed by atoms with van der Waals surface area (Å²) in [4.78, 5) is 3.60. The molecule has 3 heteroatoms. The van der Waals surface area contributed by atoms with Crippen LogP contribution in [-0.2, 0) is 5.41 Å². The predicted molar refractivity (Wildman–Crippen MR) is 129 cm³/mol. The molecular weight excluding hydrogens is 378 g/mol. The zero-order chi connectivity index (χ0) is 19.5. The van der Waals surface area contributed by atoms with Crippen LogP contribution < -0.4 is 0 Å². The fraction of sp³-hybridized carbons (Fsp3) is 0.120. The molecule has 1 aliphatic rings. The molecule has 1 aliphatic carbocycles. The molecule has 0 amide bonds. The van der Waals surface area contributed by atoms with E-state index in [1.54, 1.807) is 0 Å². The van der Waals surface area contributed by atoms with Crippen molar-refractivity contribution >= 4 is 55.9 Å². The first-order valence-electron chi connectivity index (χ1n) is 9.43. The molecule has 0 spiro atoms. The quantitative estimate of drug-likeness (QED) is 0.176. The lowest BCUT2D eigenvalue weighted by Gasteiger charge is -2.23. The lowest BCUT2D eigenvalue weighted by atomic mass is 9.80. The van der Waals surface area contributed by atoms with Crippen molar-refractivity contribution in [3.63, 3.8) is 0 Å². The number of para-hydroxylation sites is 1. The molecule has 0 unspecified atom stereocenters. The van der Waals surface area contributed by atoms with Crippen LogP contribution in [0.5, 0.6) is 0 Å². The summed E-state index contributed by atoms with van der Waals surface area (Å²) in [5.74, 6) is 0. The number of aromatic amines is 1.